The second-order valence-corrected chi connectivity index (χ2v) is 6.04. The first-order chi connectivity index (χ1) is 8.08. The maximum atomic E-state index is 10.2. The molecule has 3 unspecified atom stereocenters. The fourth-order valence-corrected chi connectivity index (χ4v) is 3.11. The molecule has 0 heterocycles. The normalized spacial score (nSPS) is 30.2. The van der Waals surface area contributed by atoms with E-state index < -0.39 is 0 Å². The standard InChI is InChI=1S/C15H31NO/c1-5-9-16(6-2)11-14-10-13(12(3)4)7-8-15(14)17/h12-15,17H,5-11H2,1-4H3. The van der Waals surface area contributed by atoms with Gasteiger partial charge in [0.2, 0.25) is 0 Å². The highest BCUT2D eigenvalue weighted by Crippen LogP contribution is 2.34. The lowest BCUT2D eigenvalue weighted by atomic mass is 9.74. The molecule has 1 N–H and O–H groups in total. The first-order valence-corrected chi connectivity index (χ1v) is 7.48. The van der Waals surface area contributed by atoms with Gasteiger partial charge in [-0.1, -0.05) is 27.7 Å². The Hall–Kier alpha value is -0.0800. The minimum absolute atomic E-state index is 0.0593. The van der Waals surface area contributed by atoms with Crippen LogP contribution in [-0.4, -0.2) is 35.7 Å². The van der Waals surface area contributed by atoms with Crippen molar-refractivity contribution in [3.63, 3.8) is 0 Å². The van der Waals surface area contributed by atoms with Gasteiger partial charge in [0.1, 0.15) is 0 Å². The molecular weight excluding hydrogens is 210 g/mol. The Morgan fingerprint density at radius 2 is 1.94 bits per heavy atom. The Labute approximate surface area is 107 Å². The molecular formula is C15H31NO. The van der Waals surface area contributed by atoms with Gasteiger partial charge in [-0.05, 0) is 56.5 Å². The van der Waals surface area contributed by atoms with Crippen LogP contribution in [0.5, 0.6) is 0 Å². The van der Waals surface area contributed by atoms with Crippen LogP contribution in [0.3, 0.4) is 0 Å². The largest absolute Gasteiger partial charge is 0.393 e. The van der Waals surface area contributed by atoms with E-state index in [-0.39, 0.29) is 6.10 Å². The van der Waals surface area contributed by atoms with Gasteiger partial charge in [-0.2, -0.15) is 0 Å². The fraction of sp³-hybridized carbons (Fsp3) is 1.00. The summed E-state index contributed by atoms with van der Waals surface area (Å²) >= 11 is 0. The zero-order chi connectivity index (χ0) is 12.8. The van der Waals surface area contributed by atoms with E-state index in [1.165, 1.54) is 25.8 Å². The average Bonchev–Trinajstić information content (AvgIpc) is 2.30. The van der Waals surface area contributed by atoms with Gasteiger partial charge in [-0.15, -0.1) is 0 Å². The molecule has 2 heteroatoms. The van der Waals surface area contributed by atoms with Crippen LogP contribution in [0.1, 0.15) is 53.4 Å². The van der Waals surface area contributed by atoms with Crippen molar-refractivity contribution in [3.8, 4) is 0 Å². The molecule has 0 amide bonds. The van der Waals surface area contributed by atoms with Crippen molar-refractivity contribution >= 4 is 0 Å². The van der Waals surface area contributed by atoms with Crippen molar-refractivity contribution in [1.82, 2.24) is 4.90 Å². The summed E-state index contributed by atoms with van der Waals surface area (Å²) in [6, 6.07) is 0. The molecule has 1 fully saturated rings. The summed E-state index contributed by atoms with van der Waals surface area (Å²) < 4.78 is 0. The van der Waals surface area contributed by atoms with Gasteiger partial charge in [-0.25, -0.2) is 0 Å². The highest BCUT2D eigenvalue weighted by Gasteiger charge is 2.31. The Kier molecular flexibility index (Phi) is 6.50. The summed E-state index contributed by atoms with van der Waals surface area (Å²) in [6.07, 6.45) is 4.60. The maximum Gasteiger partial charge on any atom is 0.0580 e. The number of nitrogens with zero attached hydrogens (tertiary/aromatic N) is 1. The lowest BCUT2D eigenvalue weighted by molar-refractivity contribution is 0.0193. The third-order valence-corrected chi connectivity index (χ3v) is 4.41. The third kappa shape index (κ3) is 4.59. The third-order valence-electron chi connectivity index (χ3n) is 4.41. The summed E-state index contributed by atoms with van der Waals surface area (Å²) in [4.78, 5) is 2.50. The van der Waals surface area contributed by atoms with Crippen molar-refractivity contribution in [2.45, 2.75) is 59.5 Å². The van der Waals surface area contributed by atoms with Gasteiger partial charge >= 0.3 is 0 Å². The van der Waals surface area contributed by atoms with E-state index in [9.17, 15) is 5.11 Å². The summed E-state index contributed by atoms with van der Waals surface area (Å²) in [5, 5.41) is 10.2. The molecule has 0 aromatic heterocycles. The van der Waals surface area contributed by atoms with Crippen molar-refractivity contribution in [1.29, 1.82) is 0 Å². The van der Waals surface area contributed by atoms with Crippen LogP contribution in [0, 0.1) is 17.8 Å². The number of aliphatic hydroxyl groups is 1. The van der Waals surface area contributed by atoms with E-state index in [2.05, 4.69) is 32.6 Å². The van der Waals surface area contributed by atoms with Crippen LogP contribution < -0.4 is 0 Å². The molecule has 3 atom stereocenters. The molecule has 0 aromatic rings. The quantitative estimate of drug-likeness (QED) is 0.772. The minimum atomic E-state index is -0.0593. The first-order valence-electron chi connectivity index (χ1n) is 7.48. The van der Waals surface area contributed by atoms with Crippen molar-refractivity contribution in [2.75, 3.05) is 19.6 Å². The predicted octanol–water partition coefficient (Wildman–Crippen LogP) is 3.15. The van der Waals surface area contributed by atoms with Gasteiger partial charge in [0.25, 0.3) is 0 Å². The second-order valence-electron chi connectivity index (χ2n) is 6.04. The van der Waals surface area contributed by atoms with E-state index in [0.717, 1.165) is 31.3 Å². The summed E-state index contributed by atoms with van der Waals surface area (Å²) in [5.74, 6) is 2.10. The van der Waals surface area contributed by atoms with E-state index in [4.69, 9.17) is 0 Å². The number of hydrogen-bond acceptors (Lipinski definition) is 2. The highest BCUT2D eigenvalue weighted by atomic mass is 16.3. The molecule has 0 bridgehead atoms. The lowest BCUT2D eigenvalue weighted by Crippen LogP contribution is -2.40. The van der Waals surface area contributed by atoms with E-state index in [1.807, 2.05) is 0 Å². The van der Waals surface area contributed by atoms with Crippen LogP contribution in [-0.2, 0) is 0 Å². The highest BCUT2D eigenvalue weighted by molar-refractivity contribution is 4.83. The molecule has 0 spiro atoms. The molecule has 0 aliphatic heterocycles. The van der Waals surface area contributed by atoms with Gasteiger partial charge < -0.3 is 10.0 Å². The number of rotatable bonds is 6. The smallest absolute Gasteiger partial charge is 0.0580 e. The SMILES string of the molecule is CCCN(CC)CC1CC(C(C)C)CCC1O. The number of aliphatic hydroxyl groups excluding tert-OH is 1. The lowest BCUT2D eigenvalue weighted by Gasteiger charge is -2.37. The molecule has 1 saturated carbocycles. The number of hydrogen-bond donors (Lipinski definition) is 1. The molecule has 0 saturated heterocycles. The second kappa shape index (κ2) is 7.38. The monoisotopic (exact) mass is 241 g/mol. The van der Waals surface area contributed by atoms with Crippen LogP contribution >= 0.6 is 0 Å². The Morgan fingerprint density at radius 3 is 2.47 bits per heavy atom. The first kappa shape index (κ1) is 15.0. The Morgan fingerprint density at radius 1 is 1.24 bits per heavy atom. The fourth-order valence-electron chi connectivity index (χ4n) is 3.11. The topological polar surface area (TPSA) is 23.5 Å². The van der Waals surface area contributed by atoms with Crippen molar-refractivity contribution in [2.24, 2.45) is 17.8 Å². The van der Waals surface area contributed by atoms with E-state index >= 15 is 0 Å². The zero-order valence-corrected chi connectivity index (χ0v) is 12.2. The van der Waals surface area contributed by atoms with Crippen molar-refractivity contribution in [3.05, 3.63) is 0 Å². The summed E-state index contributed by atoms with van der Waals surface area (Å²) in [6.45, 7) is 12.5. The average molecular weight is 241 g/mol. The minimum Gasteiger partial charge on any atom is -0.393 e. The van der Waals surface area contributed by atoms with Gasteiger partial charge in [0.15, 0.2) is 0 Å². The van der Waals surface area contributed by atoms with E-state index in [1.54, 1.807) is 0 Å². The predicted molar refractivity (Wildman–Crippen MR) is 74.1 cm³/mol. The Balaban J connectivity index is 2.48. The Bertz CT molecular complexity index is 205. The van der Waals surface area contributed by atoms with Crippen LogP contribution in [0.2, 0.25) is 0 Å². The van der Waals surface area contributed by atoms with E-state index in [0.29, 0.717) is 5.92 Å². The molecule has 0 radical (unpaired) electrons. The summed E-state index contributed by atoms with van der Waals surface area (Å²) in [7, 11) is 0. The summed E-state index contributed by atoms with van der Waals surface area (Å²) in [5.41, 5.74) is 0. The molecule has 1 aliphatic carbocycles. The van der Waals surface area contributed by atoms with Gasteiger partial charge in [0.05, 0.1) is 6.10 Å². The molecule has 17 heavy (non-hydrogen) atoms. The van der Waals surface area contributed by atoms with Crippen molar-refractivity contribution < 1.29 is 5.11 Å². The maximum absolute atomic E-state index is 10.2. The van der Waals surface area contributed by atoms with Gasteiger partial charge in [0, 0.05) is 6.54 Å². The molecule has 0 aromatic carbocycles. The van der Waals surface area contributed by atoms with Crippen LogP contribution in [0.15, 0.2) is 0 Å². The van der Waals surface area contributed by atoms with Crippen LogP contribution in [0.4, 0.5) is 0 Å². The molecule has 2 nitrogen and oxygen atoms in total. The van der Waals surface area contributed by atoms with Gasteiger partial charge in [-0.3, -0.25) is 0 Å². The zero-order valence-electron chi connectivity index (χ0n) is 12.2. The molecule has 102 valence electrons. The molecule has 1 rings (SSSR count). The van der Waals surface area contributed by atoms with Crippen LogP contribution in [0.25, 0.3) is 0 Å². The molecule has 1 aliphatic rings.